The minimum atomic E-state index is -0.714. The van der Waals surface area contributed by atoms with Crippen LogP contribution < -0.4 is 4.74 Å². The topological polar surface area (TPSA) is 49.7 Å². The van der Waals surface area contributed by atoms with E-state index in [1.807, 2.05) is 25.1 Å². The number of aliphatic hydroxyl groups is 2. The highest BCUT2D eigenvalue weighted by molar-refractivity contribution is 9.10. The highest BCUT2D eigenvalue weighted by atomic mass is 79.9. The molecule has 0 heterocycles. The third kappa shape index (κ3) is 3.98. The van der Waals surface area contributed by atoms with E-state index in [0.717, 1.165) is 15.8 Å². The lowest BCUT2D eigenvalue weighted by Gasteiger charge is -2.20. The average molecular weight is 303 g/mol. The van der Waals surface area contributed by atoms with E-state index >= 15 is 0 Å². The lowest BCUT2D eigenvalue weighted by Crippen LogP contribution is -2.24. The van der Waals surface area contributed by atoms with Crippen LogP contribution in [-0.2, 0) is 0 Å². The van der Waals surface area contributed by atoms with Crippen LogP contribution in [0.4, 0.5) is 0 Å². The Hall–Kier alpha value is -0.580. The molecule has 0 amide bonds. The first kappa shape index (κ1) is 14.5. The van der Waals surface area contributed by atoms with Gasteiger partial charge in [0.2, 0.25) is 0 Å². The van der Waals surface area contributed by atoms with Crippen LogP contribution in [0.3, 0.4) is 0 Å². The molecule has 1 rings (SSSR count). The number of benzene rings is 1. The number of halogens is 1. The molecule has 96 valence electrons. The van der Waals surface area contributed by atoms with E-state index in [0.29, 0.717) is 6.42 Å². The molecule has 1 aromatic carbocycles. The summed E-state index contributed by atoms with van der Waals surface area (Å²) in [6.07, 6.45) is -0.922. The van der Waals surface area contributed by atoms with Gasteiger partial charge < -0.3 is 14.9 Å². The summed E-state index contributed by atoms with van der Waals surface area (Å²) < 4.78 is 6.28. The Bertz CT molecular complexity index is 366. The van der Waals surface area contributed by atoms with E-state index in [9.17, 15) is 10.2 Å². The minimum absolute atomic E-state index is 0.118. The molecule has 0 saturated heterocycles. The third-order valence-electron chi connectivity index (χ3n) is 2.87. The molecule has 0 radical (unpaired) electrons. The Morgan fingerprint density at radius 2 is 1.94 bits per heavy atom. The molecule has 0 fully saturated rings. The Labute approximate surface area is 111 Å². The minimum Gasteiger partial charge on any atom is -0.496 e. The maximum atomic E-state index is 9.69. The van der Waals surface area contributed by atoms with Crippen molar-refractivity contribution in [3.63, 3.8) is 0 Å². The molecular formula is C13H19BrO3. The standard InChI is InChI=1S/C13H19BrO3/c1-8(6-12(16)9(2)15)11-7-10(14)4-5-13(11)17-3/h4-5,7-9,12,15-16H,6H2,1-3H3. The fraction of sp³-hybridized carbons (Fsp3) is 0.538. The van der Waals surface area contributed by atoms with E-state index in [2.05, 4.69) is 15.9 Å². The lowest BCUT2D eigenvalue weighted by molar-refractivity contribution is 0.0226. The summed E-state index contributed by atoms with van der Waals surface area (Å²) in [6.45, 7) is 3.60. The second-order valence-electron chi connectivity index (χ2n) is 4.33. The monoisotopic (exact) mass is 302 g/mol. The van der Waals surface area contributed by atoms with Crippen LogP contribution in [0.2, 0.25) is 0 Å². The van der Waals surface area contributed by atoms with Crippen LogP contribution in [0.5, 0.6) is 5.75 Å². The zero-order chi connectivity index (χ0) is 13.0. The van der Waals surface area contributed by atoms with Crippen molar-refractivity contribution in [3.8, 4) is 5.75 Å². The zero-order valence-corrected chi connectivity index (χ0v) is 11.9. The van der Waals surface area contributed by atoms with Gasteiger partial charge in [-0.05, 0) is 43.0 Å². The Morgan fingerprint density at radius 1 is 1.29 bits per heavy atom. The first-order valence-corrected chi connectivity index (χ1v) is 6.44. The number of methoxy groups -OCH3 is 1. The van der Waals surface area contributed by atoms with Gasteiger partial charge in [-0.15, -0.1) is 0 Å². The van der Waals surface area contributed by atoms with Crippen molar-refractivity contribution in [2.45, 2.75) is 38.4 Å². The molecule has 0 aliphatic rings. The molecule has 0 aromatic heterocycles. The van der Waals surface area contributed by atoms with E-state index in [-0.39, 0.29) is 5.92 Å². The zero-order valence-electron chi connectivity index (χ0n) is 10.4. The Balaban J connectivity index is 2.87. The number of rotatable bonds is 5. The van der Waals surface area contributed by atoms with Crippen molar-refractivity contribution in [1.29, 1.82) is 0 Å². The molecular weight excluding hydrogens is 284 g/mol. The SMILES string of the molecule is COc1ccc(Br)cc1C(C)CC(O)C(C)O. The van der Waals surface area contributed by atoms with Crippen molar-refractivity contribution in [2.75, 3.05) is 7.11 Å². The van der Waals surface area contributed by atoms with Gasteiger partial charge in [0.25, 0.3) is 0 Å². The molecule has 3 unspecified atom stereocenters. The second kappa shape index (κ2) is 6.38. The van der Waals surface area contributed by atoms with Gasteiger partial charge in [0.05, 0.1) is 19.3 Å². The van der Waals surface area contributed by atoms with Crippen LogP contribution in [0.15, 0.2) is 22.7 Å². The fourth-order valence-electron chi connectivity index (χ4n) is 1.78. The highest BCUT2D eigenvalue weighted by Gasteiger charge is 2.19. The van der Waals surface area contributed by atoms with Gasteiger partial charge >= 0.3 is 0 Å². The van der Waals surface area contributed by atoms with Crippen molar-refractivity contribution in [2.24, 2.45) is 0 Å². The predicted octanol–water partition coefficient (Wildman–Crippen LogP) is 2.69. The Kier molecular flexibility index (Phi) is 5.43. The number of hydrogen-bond donors (Lipinski definition) is 2. The molecule has 0 spiro atoms. The molecule has 4 heteroatoms. The summed E-state index contributed by atoms with van der Waals surface area (Å²) in [6, 6.07) is 5.79. The summed E-state index contributed by atoms with van der Waals surface area (Å²) in [5.74, 6) is 0.922. The summed E-state index contributed by atoms with van der Waals surface area (Å²) >= 11 is 3.42. The smallest absolute Gasteiger partial charge is 0.122 e. The first-order valence-electron chi connectivity index (χ1n) is 5.65. The maximum Gasteiger partial charge on any atom is 0.122 e. The van der Waals surface area contributed by atoms with E-state index < -0.39 is 12.2 Å². The summed E-state index contributed by atoms with van der Waals surface area (Å²) in [5, 5.41) is 19.0. The van der Waals surface area contributed by atoms with Gasteiger partial charge in [0.1, 0.15) is 5.75 Å². The van der Waals surface area contributed by atoms with Crippen molar-refractivity contribution < 1.29 is 14.9 Å². The van der Waals surface area contributed by atoms with Gasteiger partial charge in [-0.1, -0.05) is 22.9 Å². The largest absolute Gasteiger partial charge is 0.496 e. The van der Waals surface area contributed by atoms with Gasteiger partial charge in [0, 0.05) is 4.47 Å². The molecule has 1 aromatic rings. The summed E-state index contributed by atoms with van der Waals surface area (Å²) in [5.41, 5.74) is 1.03. The number of hydrogen-bond acceptors (Lipinski definition) is 3. The van der Waals surface area contributed by atoms with Crippen LogP contribution in [0.1, 0.15) is 31.7 Å². The molecule has 0 aliphatic carbocycles. The first-order chi connectivity index (χ1) is 7.95. The van der Waals surface area contributed by atoms with Crippen molar-refractivity contribution >= 4 is 15.9 Å². The summed E-state index contributed by atoms with van der Waals surface area (Å²) in [4.78, 5) is 0. The molecule has 3 atom stereocenters. The quantitative estimate of drug-likeness (QED) is 0.879. The molecule has 0 bridgehead atoms. The molecule has 3 nitrogen and oxygen atoms in total. The molecule has 0 saturated carbocycles. The molecule has 17 heavy (non-hydrogen) atoms. The van der Waals surface area contributed by atoms with Crippen molar-refractivity contribution in [1.82, 2.24) is 0 Å². The van der Waals surface area contributed by atoms with E-state index in [1.165, 1.54) is 0 Å². The van der Waals surface area contributed by atoms with Gasteiger partial charge in [-0.3, -0.25) is 0 Å². The predicted molar refractivity (Wildman–Crippen MR) is 71.4 cm³/mol. The Morgan fingerprint density at radius 3 is 2.47 bits per heavy atom. The third-order valence-corrected chi connectivity index (χ3v) is 3.37. The van der Waals surface area contributed by atoms with Crippen LogP contribution in [-0.4, -0.2) is 29.5 Å². The molecule has 2 N–H and O–H groups in total. The van der Waals surface area contributed by atoms with E-state index in [4.69, 9.17) is 4.74 Å². The fourth-order valence-corrected chi connectivity index (χ4v) is 2.16. The van der Waals surface area contributed by atoms with Crippen LogP contribution >= 0.6 is 15.9 Å². The lowest BCUT2D eigenvalue weighted by atomic mass is 9.93. The average Bonchev–Trinajstić information content (AvgIpc) is 2.28. The second-order valence-corrected chi connectivity index (χ2v) is 5.25. The normalized spacial score (nSPS) is 16.4. The number of aliphatic hydroxyl groups excluding tert-OH is 2. The highest BCUT2D eigenvalue weighted by Crippen LogP contribution is 2.32. The molecule has 0 aliphatic heterocycles. The van der Waals surface area contributed by atoms with E-state index in [1.54, 1.807) is 14.0 Å². The van der Waals surface area contributed by atoms with Crippen molar-refractivity contribution in [3.05, 3.63) is 28.2 Å². The van der Waals surface area contributed by atoms with Gasteiger partial charge in [-0.2, -0.15) is 0 Å². The van der Waals surface area contributed by atoms with Gasteiger partial charge in [0.15, 0.2) is 0 Å². The van der Waals surface area contributed by atoms with Crippen LogP contribution in [0, 0.1) is 0 Å². The van der Waals surface area contributed by atoms with Gasteiger partial charge in [-0.25, -0.2) is 0 Å². The number of ether oxygens (including phenoxy) is 1. The van der Waals surface area contributed by atoms with Crippen LogP contribution in [0.25, 0.3) is 0 Å². The summed E-state index contributed by atoms with van der Waals surface area (Å²) in [7, 11) is 1.63. The maximum absolute atomic E-state index is 9.69.